The Morgan fingerprint density at radius 2 is 2.05 bits per heavy atom. The van der Waals surface area contributed by atoms with Crippen LogP contribution in [0.2, 0.25) is 0 Å². The van der Waals surface area contributed by atoms with E-state index in [9.17, 15) is 9.65 Å². The summed E-state index contributed by atoms with van der Waals surface area (Å²) in [5.74, 6) is 0.223. The van der Waals surface area contributed by atoms with E-state index >= 15 is 0 Å². The predicted octanol–water partition coefficient (Wildman–Crippen LogP) is 4.45. The van der Waals surface area contributed by atoms with Gasteiger partial charge in [-0.05, 0) is 31.2 Å². The number of nitrogens with one attached hydrogen (secondary N) is 1. The second-order valence-corrected chi connectivity index (χ2v) is 5.63. The van der Waals surface area contributed by atoms with Gasteiger partial charge in [0.2, 0.25) is 0 Å². The minimum absolute atomic E-state index is 0.288. The van der Waals surface area contributed by atoms with Crippen molar-refractivity contribution in [1.82, 2.24) is 0 Å². The van der Waals surface area contributed by atoms with Gasteiger partial charge in [0.1, 0.15) is 11.6 Å². The minimum atomic E-state index is -1.18. The van der Waals surface area contributed by atoms with Crippen LogP contribution in [-0.2, 0) is 5.54 Å². The number of nitriles is 1. The lowest BCUT2D eigenvalue weighted by Crippen LogP contribution is -2.31. The fourth-order valence-corrected chi connectivity index (χ4v) is 2.37. The minimum Gasteiger partial charge on any atom is -0.497 e. The molecule has 0 radical (unpaired) electrons. The van der Waals surface area contributed by atoms with Crippen LogP contribution in [0.15, 0.2) is 46.9 Å². The molecule has 108 valence electrons. The van der Waals surface area contributed by atoms with E-state index in [0.29, 0.717) is 15.9 Å². The zero-order valence-corrected chi connectivity index (χ0v) is 13.2. The van der Waals surface area contributed by atoms with Crippen molar-refractivity contribution in [3.8, 4) is 11.8 Å². The number of hydrogen-bond acceptors (Lipinski definition) is 3. The lowest BCUT2D eigenvalue weighted by molar-refractivity contribution is 0.415. The largest absolute Gasteiger partial charge is 0.497 e. The number of nitrogens with zero attached hydrogens (tertiary/aromatic N) is 1. The van der Waals surface area contributed by atoms with Gasteiger partial charge in [-0.2, -0.15) is 5.26 Å². The summed E-state index contributed by atoms with van der Waals surface area (Å²) in [7, 11) is 1.57. The number of hydrogen-bond donors (Lipinski definition) is 1. The molecule has 5 heteroatoms. The molecule has 0 aliphatic heterocycles. The third-order valence-electron chi connectivity index (χ3n) is 3.16. The molecule has 0 fully saturated rings. The van der Waals surface area contributed by atoms with Crippen molar-refractivity contribution in [2.24, 2.45) is 0 Å². The Labute approximate surface area is 131 Å². The van der Waals surface area contributed by atoms with E-state index in [-0.39, 0.29) is 5.56 Å². The summed E-state index contributed by atoms with van der Waals surface area (Å²) in [5, 5.41) is 12.6. The lowest BCUT2D eigenvalue weighted by atomic mass is 9.92. The van der Waals surface area contributed by atoms with Gasteiger partial charge >= 0.3 is 0 Å². The quantitative estimate of drug-likeness (QED) is 0.887. The first-order chi connectivity index (χ1) is 9.98. The highest BCUT2D eigenvalue weighted by Crippen LogP contribution is 2.30. The zero-order chi connectivity index (χ0) is 15.5. The van der Waals surface area contributed by atoms with Gasteiger partial charge in [0.25, 0.3) is 0 Å². The molecule has 0 spiro atoms. The average molecular weight is 349 g/mol. The maximum atomic E-state index is 14.1. The molecular formula is C16H14BrFN2O. The van der Waals surface area contributed by atoms with Crippen molar-refractivity contribution >= 4 is 21.6 Å². The normalized spacial score (nSPS) is 13.1. The van der Waals surface area contributed by atoms with E-state index in [0.717, 1.165) is 0 Å². The number of anilines is 1. The first-order valence-corrected chi connectivity index (χ1v) is 7.07. The summed E-state index contributed by atoms with van der Waals surface area (Å²) < 4.78 is 19.9. The van der Waals surface area contributed by atoms with Gasteiger partial charge in [-0.1, -0.05) is 28.1 Å². The first-order valence-electron chi connectivity index (χ1n) is 6.27. The number of halogens is 2. The molecule has 1 N–H and O–H groups in total. The molecule has 2 aromatic rings. The van der Waals surface area contributed by atoms with Gasteiger partial charge in [0, 0.05) is 21.8 Å². The highest BCUT2D eigenvalue weighted by Gasteiger charge is 2.29. The monoisotopic (exact) mass is 348 g/mol. The second kappa shape index (κ2) is 6.15. The van der Waals surface area contributed by atoms with Crippen molar-refractivity contribution in [3.63, 3.8) is 0 Å². The Morgan fingerprint density at radius 3 is 2.67 bits per heavy atom. The summed E-state index contributed by atoms with van der Waals surface area (Å²) in [5.41, 5.74) is -0.214. The summed E-state index contributed by atoms with van der Waals surface area (Å²) in [4.78, 5) is 0. The molecule has 1 atom stereocenters. The molecule has 0 saturated carbocycles. The number of benzene rings is 2. The van der Waals surface area contributed by atoms with E-state index in [1.54, 1.807) is 50.4 Å². The first kappa shape index (κ1) is 15.3. The van der Waals surface area contributed by atoms with Crippen molar-refractivity contribution in [2.45, 2.75) is 12.5 Å². The van der Waals surface area contributed by atoms with Crippen LogP contribution in [-0.4, -0.2) is 7.11 Å². The average Bonchev–Trinajstić information content (AvgIpc) is 2.47. The highest BCUT2D eigenvalue weighted by molar-refractivity contribution is 9.10. The zero-order valence-electron chi connectivity index (χ0n) is 11.7. The van der Waals surface area contributed by atoms with Crippen LogP contribution >= 0.6 is 15.9 Å². The third-order valence-corrected chi connectivity index (χ3v) is 3.65. The maximum absolute atomic E-state index is 14.1. The molecule has 1 unspecified atom stereocenters. The van der Waals surface area contributed by atoms with E-state index in [1.807, 2.05) is 0 Å². The Hall–Kier alpha value is -2.06. The van der Waals surface area contributed by atoms with Crippen LogP contribution in [0, 0.1) is 17.1 Å². The van der Waals surface area contributed by atoms with E-state index in [4.69, 9.17) is 4.74 Å². The molecule has 3 nitrogen and oxygen atoms in total. The van der Waals surface area contributed by atoms with Crippen LogP contribution in [0.1, 0.15) is 12.5 Å². The number of methoxy groups -OCH3 is 1. The standard InChI is InChI=1S/C16H14BrFN2O/c1-16(10-19,14-7-6-11(17)8-15(14)18)20-12-4-3-5-13(9-12)21-2/h3-9,20H,1-2H3. The number of rotatable bonds is 4. The third kappa shape index (κ3) is 3.34. The Balaban J connectivity index is 2.39. The van der Waals surface area contributed by atoms with Crippen LogP contribution < -0.4 is 10.1 Å². The van der Waals surface area contributed by atoms with Crippen molar-refractivity contribution in [2.75, 3.05) is 12.4 Å². The molecule has 0 aliphatic carbocycles. The SMILES string of the molecule is COc1cccc(NC(C)(C#N)c2ccc(Br)cc2F)c1. The second-order valence-electron chi connectivity index (χ2n) is 4.72. The molecule has 0 amide bonds. The van der Waals surface area contributed by atoms with E-state index in [2.05, 4.69) is 27.3 Å². The van der Waals surface area contributed by atoms with Crippen molar-refractivity contribution in [1.29, 1.82) is 5.26 Å². The smallest absolute Gasteiger partial charge is 0.151 e. The molecule has 0 saturated heterocycles. The molecule has 21 heavy (non-hydrogen) atoms. The molecule has 0 heterocycles. The summed E-state index contributed by atoms with van der Waals surface area (Å²) in [6.45, 7) is 1.64. The fourth-order valence-electron chi connectivity index (χ4n) is 2.04. The van der Waals surface area contributed by atoms with Gasteiger partial charge < -0.3 is 10.1 Å². The molecular weight excluding hydrogens is 335 g/mol. The van der Waals surface area contributed by atoms with Crippen molar-refractivity contribution in [3.05, 3.63) is 58.3 Å². The van der Waals surface area contributed by atoms with Crippen LogP contribution in [0.3, 0.4) is 0 Å². The summed E-state index contributed by atoms with van der Waals surface area (Å²) in [6.07, 6.45) is 0. The van der Waals surface area contributed by atoms with Gasteiger partial charge in [-0.15, -0.1) is 0 Å². The molecule has 0 aromatic heterocycles. The molecule has 2 aromatic carbocycles. The van der Waals surface area contributed by atoms with Crippen molar-refractivity contribution < 1.29 is 9.13 Å². The fraction of sp³-hybridized carbons (Fsp3) is 0.188. The molecule has 2 rings (SSSR count). The Kier molecular flexibility index (Phi) is 4.49. The molecule has 0 bridgehead atoms. The van der Waals surface area contributed by atoms with Gasteiger partial charge in [0.05, 0.1) is 13.2 Å². The van der Waals surface area contributed by atoms with E-state index in [1.165, 1.54) is 6.07 Å². The topological polar surface area (TPSA) is 45.0 Å². The lowest BCUT2D eigenvalue weighted by Gasteiger charge is -2.25. The summed E-state index contributed by atoms with van der Waals surface area (Å²) >= 11 is 3.21. The van der Waals surface area contributed by atoms with Gasteiger partial charge in [-0.25, -0.2) is 4.39 Å². The van der Waals surface area contributed by atoms with Crippen LogP contribution in [0.25, 0.3) is 0 Å². The van der Waals surface area contributed by atoms with Gasteiger partial charge in [0.15, 0.2) is 5.54 Å². The van der Waals surface area contributed by atoms with Crippen LogP contribution in [0.4, 0.5) is 10.1 Å². The maximum Gasteiger partial charge on any atom is 0.151 e. The summed E-state index contributed by atoms with van der Waals surface area (Å²) in [6, 6.07) is 13.9. The Morgan fingerprint density at radius 1 is 1.29 bits per heavy atom. The predicted molar refractivity (Wildman–Crippen MR) is 83.7 cm³/mol. The highest BCUT2D eigenvalue weighted by atomic mass is 79.9. The van der Waals surface area contributed by atoms with Crippen LogP contribution in [0.5, 0.6) is 5.75 Å². The molecule has 0 aliphatic rings. The Bertz CT molecular complexity index is 699. The number of ether oxygens (including phenoxy) is 1. The van der Waals surface area contributed by atoms with Gasteiger partial charge in [-0.3, -0.25) is 0 Å². The van der Waals surface area contributed by atoms with E-state index < -0.39 is 11.4 Å².